The lowest BCUT2D eigenvalue weighted by molar-refractivity contribution is -0.111. The lowest BCUT2D eigenvalue weighted by Gasteiger charge is -2.09. The number of thiazole rings is 1. The molecule has 0 atom stereocenters. The van der Waals surface area contributed by atoms with Gasteiger partial charge < -0.3 is 13.9 Å². The van der Waals surface area contributed by atoms with E-state index in [1.54, 1.807) is 25.5 Å². The van der Waals surface area contributed by atoms with Crippen molar-refractivity contribution in [2.75, 3.05) is 19.0 Å². The number of rotatable bonds is 7. The number of furan rings is 1. The van der Waals surface area contributed by atoms with Crippen molar-refractivity contribution in [1.29, 1.82) is 0 Å². The van der Waals surface area contributed by atoms with Gasteiger partial charge in [0.1, 0.15) is 5.69 Å². The number of amides is 1. The predicted molar refractivity (Wildman–Crippen MR) is 102 cm³/mol. The number of anilines is 1. The Morgan fingerprint density at radius 2 is 2.23 bits per heavy atom. The topological polar surface area (TPSA) is 73.6 Å². The summed E-state index contributed by atoms with van der Waals surface area (Å²) in [5, 5.41) is 5.08. The van der Waals surface area contributed by atoms with Gasteiger partial charge in [-0.1, -0.05) is 6.07 Å². The van der Waals surface area contributed by atoms with E-state index >= 15 is 0 Å². The monoisotopic (exact) mass is 370 g/mol. The van der Waals surface area contributed by atoms with Crippen molar-refractivity contribution in [3.63, 3.8) is 0 Å². The fourth-order valence-electron chi connectivity index (χ4n) is 2.25. The Kier molecular flexibility index (Phi) is 5.70. The summed E-state index contributed by atoms with van der Waals surface area (Å²) in [6, 6.07) is 9.10. The molecule has 1 amide bonds. The zero-order valence-electron chi connectivity index (χ0n) is 14.4. The molecular formula is C19H18N2O4S. The first kappa shape index (κ1) is 17.8. The molecule has 134 valence electrons. The van der Waals surface area contributed by atoms with Crippen LogP contribution in [0.5, 0.6) is 11.5 Å². The Labute approximate surface area is 155 Å². The highest BCUT2D eigenvalue weighted by Gasteiger charge is 2.08. The van der Waals surface area contributed by atoms with Gasteiger partial charge in [0.15, 0.2) is 22.4 Å². The molecule has 0 fully saturated rings. The van der Waals surface area contributed by atoms with E-state index in [4.69, 9.17) is 13.9 Å². The summed E-state index contributed by atoms with van der Waals surface area (Å²) in [5.74, 6) is 1.69. The average Bonchev–Trinajstić information content (AvgIpc) is 3.32. The van der Waals surface area contributed by atoms with Crippen LogP contribution in [0, 0.1) is 0 Å². The van der Waals surface area contributed by atoms with Crippen molar-refractivity contribution >= 4 is 28.5 Å². The largest absolute Gasteiger partial charge is 0.493 e. The number of nitrogens with zero attached hydrogens (tertiary/aromatic N) is 1. The van der Waals surface area contributed by atoms with Crippen LogP contribution in [0.1, 0.15) is 12.5 Å². The highest BCUT2D eigenvalue weighted by atomic mass is 32.1. The Morgan fingerprint density at radius 1 is 1.35 bits per heavy atom. The number of benzene rings is 1. The van der Waals surface area contributed by atoms with Gasteiger partial charge in [-0.2, -0.15) is 0 Å². The van der Waals surface area contributed by atoms with E-state index in [0.717, 1.165) is 5.56 Å². The number of aromatic nitrogens is 1. The van der Waals surface area contributed by atoms with Gasteiger partial charge in [0.05, 0.1) is 20.0 Å². The minimum atomic E-state index is -0.266. The summed E-state index contributed by atoms with van der Waals surface area (Å²) in [4.78, 5) is 16.4. The third kappa shape index (κ3) is 4.31. The van der Waals surface area contributed by atoms with E-state index in [2.05, 4.69) is 10.3 Å². The molecule has 0 saturated carbocycles. The lowest BCUT2D eigenvalue weighted by atomic mass is 10.2. The van der Waals surface area contributed by atoms with Gasteiger partial charge in [0.25, 0.3) is 0 Å². The zero-order valence-corrected chi connectivity index (χ0v) is 15.2. The van der Waals surface area contributed by atoms with E-state index in [-0.39, 0.29) is 5.91 Å². The molecule has 2 heterocycles. The van der Waals surface area contributed by atoms with Crippen LogP contribution >= 0.6 is 11.3 Å². The first-order valence-corrected chi connectivity index (χ1v) is 8.87. The minimum absolute atomic E-state index is 0.266. The van der Waals surface area contributed by atoms with Gasteiger partial charge in [0.2, 0.25) is 5.91 Å². The summed E-state index contributed by atoms with van der Waals surface area (Å²) in [7, 11) is 1.58. The molecule has 2 aromatic heterocycles. The van der Waals surface area contributed by atoms with E-state index in [1.807, 2.05) is 36.6 Å². The van der Waals surface area contributed by atoms with E-state index < -0.39 is 0 Å². The molecule has 0 radical (unpaired) electrons. The molecule has 3 aromatic rings. The third-order valence-corrected chi connectivity index (χ3v) is 4.18. The number of hydrogen-bond donors (Lipinski definition) is 1. The normalized spacial score (nSPS) is 10.8. The quantitative estimate of drug-likeness (QED) is 0.622. The van der Waals surface area contributed by atoms with Crippen molar-refractivity contribution in [3.05, 3.63) is 53.6 Å². The van der Waals surface area contributed by atoms with Crippen LogP contribution in [0.3, 0.4) is 0 Å². The van der Waals surface area contributed by atoms with Gasteiger partial charge in [0, 0.05) is 11.5 Å². The number of carbonyl (C=O) groups excluding carboxylic acids is 1. The Morgan fingerprint density at radius 3 is 2.96 bits per heavy atom. The second kappa shape index (κ2) is 8.35. The molecule has 0 unspecified atom stereocenters. The van der Waals surface area contributed by atoms with Gasteiger partial charge in [-0.05, 0) is 42.8 Å². The molecule has 0 saturated heterocycles. The molecule has 7 heteroatoms. The third-order valence-electron chi connectivity index (χ3n) is 3.42. The fraction of sp³-hybridized carbons (Fsp3) is 0.158. The smallest absolute Gasteiger partial charge is 0.250 e. The molecule has 6 nitrogen and oxygen atoms in total. The summed E-state index contributed by atoms with van der Waals surface area (Å²) in [6.07, 6.45) is 4.73. The molecule has 0 spiro atoms. The van der Waals surface area contributed by atoms with Crippen LogP contribution in [0.2, 0.25) is 0 Å². The maximum absolute atomic E-state index is 12.1. The molecule has 3 rings (SSSR count). The van der Waals surface area contributed by atoms with Crippen LogP contribution in [-0.2, 0) is 4.79 Å². The van der Waals surface area contributed by atoms with E-state index in [0.29, 0.717) is 34.7 Å². The van der Waals surface area contributed by atoms with Crippen LogP contribution < -0.4 is 14.8 Å². The highest BCUT2D eigenvalue weighted by Crippen LogP contribution is 2.28. The summed E-state index contributed by atoms with van der Waals surface area (Å²) >= 11 is 1.34. The summed E-state index contributed by atoms with van der Waals surface area (Å²) < 4.78 is 16.1. The summed E-state index contributed by atoms with van der Waals surface area (Å²) in [6.45, 7) is 2.47. The van der Waals surface area contributed by atoms with Gasteiger partial charge in [-0.25, -0.2) is 4.98 Å². The second-order valence-electron chi connectivity index (χ2n) is 5.18. The van der Waals surface area contributed by atoms with Crippen LogP contribution in [0.4, 0.5) is 5.13 Å². The maximum atomic E-state index is 12.1. The van der Waals surface area contributed by atoms with Gasteiger partial charge in [-0.15, -0.1) is 11.3 Å². The van der Waals surface area contributed by atoms with Crippen LogP contribution in [0.25, 0.3) is 17.5 Å². The van der Waals surface area contributed by atoms with Crippen molar-refractivity contribution in [2.24, 2.45) is 0 Å². The zero-order chi connectivity index (χ0) is 18.4. The SMILES string of the molecule is CCOc1ccc(/C=C/C(=O)Nc2nc(-c3ccco3)cs2)cc1OC. The highest BCUT2D eigenvalue weighted by molar-refractivity contribution is 7.14. The molecule has 0 aliphatic heterocycles. The number of methoxy groups -OCH3 is 1. The number of nitrogens with one attached hydrogen (secondary N) is 1. The minimum Gasteiger partial charge on any atom is -0.493 e. The number of hydrogen-bond acceptors (Lipinski definition) is 6. The number of ether oxygens (including phenoxy) is 2. The molecule has 26 heavy (non-hydrogen) atoms. The molecular weight excluding hydrogens is 352 g/mol. The molecule has 0 aliphatic carbocycles. The van der Waals surface area contributed by atoms with Crippen molar-refractivity contribution in [2.45, 2.75) is 6.92 Å². The maximum Gasteiger partial charge on any atom is 0.250 e. The Bertz CT molecular complexity index is 900. The van der Waals surface area contributed by atoms with E-state index in [1.165, 1.54) is 17.4 Å². The Balaban J connectivity index is 1.64. The average molecular weight is 370 g/mol. The first-order chi connectivity index (χ1) is 12.7. The standard InChI is InChI=1S/C19H18N2O4S/c1-3-24-16-8-6-13(11-17(16)23-2)7-9-18(22)21-19-20-14(12-26-19)15-5-4-10-25-15/h4-12H,3H2,1-2H3,(H,20,21,22)/b9-7+. The van der Waals surface area contributed by atoms with Crippen molar-refractivity contribution in [3.8, 4) is 23.0 Å². The number of carbonyl (C=O) groups is 1. The van der Waals surface area contributed by atoms with Gasteiger partial charge >= 0.3 is 0 Å². The van der Waals surface area contributed by atoms with Crippen molar-refractivity contribution in [1.82, 2.24) is 4.98 Å². The first-order valence-electron chi connectivity index (χ1n) is 7.99. The van der Waals surface area contributed by atoms with Crippen LogP contribution in [0.15, 0.2) is 52.5 Å². The molecule has 0 aliphatic rings. The Hall–Kier alpha value is -3.06. The molecule has 1 aromatic carbocycles. The van der Waals surface area contributed by atoms with Gasteiger partial charge in [-0.3, -0.25) is 10.1 Å². The lowest BCUT2D eigenvalue weighted by Crippen LogP contribution is -2.07. The fourth-order valence-corrected chi connectivity index (χ4v) is 2.95. The molecule has 0 bridgehead atoms. The predicted octanol–water partition coefficient (Wildman–Crippen LogP) is 4.46. The summed E-state index contributed by atoms with van der Waals surface area (Å²) in [5.41, 5.74) is 1.52. The van der Waals surface area contributed by atoms with E-state index in [9.17, 15) is 4.79 Å². The second-order valence-corrected chi connectivity index (χ2v) is 6.04. The van der Waals surface area contributed by atoms with Crippen molar-refractivity contribution < 1.29 is 18.7 Å². The van der Waals surface area contributed by atoms with Crippen LogP contribution in [-0.4, -0.2) is 24.6 Å². The molecule has 1 N–H and O–H groups in total.